The molecular formula is C18H21N7O3. The molecule has 1 aliphatic rings. The fourth-order valence-corrected chi connectivity index (χ4v) is 2.98. The first-order valence-electron chi connectivity index (χ1n) is 9.07. The van der Waals surface area contributed by atoms with Crippen molar-refractivity contribution < 1.29 is 14.3 Å². The van der Waals surface area contributed by atoms with Crippen molar-refractivity contribution in [1.82, 2.24) is 24.4 Å². The van der Waals surface area contributed by atoms with Gasteiger partial charge in [0.05, 0.1) is 12.8 Å². The summed E-state index contributed by atoms with van der Waals surface area (Å²) in [6.45, 7) is 1.92. The van der Waals surface area contributed by atoms with Gasteiger partial charge in [-0.05, 0) is 25.8 Å². The van der Waals surface area contributed by atoms with Crippen molar-refractivity contribution in [1.29, 1.82) is 0 Å². The van der Waals surface area contributed by atoms with Crippen LogP contribution in [0.15, 0.2) is 24.5 Å². The zero-order valence-corrected chi connectivity index (χ0v) is 15.9. The molecule has 1 N–H and O–H groups in total. The second-order valence-electron chi connectivity index (χ2n) is 6.68. The maximum Gasteiger partial charge on any atom is 0.342 e. The van der Waals surface area contributed by atoms with Crippen LogP contribution in [-0.4, -0.2) is 56.0 Å². The van der Waals surface area contributed by atoms with Crippen LogP contribution < -0.4 is 10.2 Å². The fraction of sp³-hybridized carbons (Fsp3) is 0.389. The molecule has 1 aliphatic carbocycles. The summed E-state index contributed by atoms with van der Waals surface area (Å²) in [5.74, 6) is -0.383. The van der Waals surface area contributed by atoms with Gasteiger partial charge in [0.15, 0.2) is 5.65 Å². The molecule has 10 nitrogen and oxygen atoms in total. The molecule has 10 heteroatoms. The Hall–Kier alpha value is -3.43. The van der Waals surface area contributed by atoms with Crippen LogP contribution in [0.25, 0.3) is 5.65 Å². The van der Waals surface area contributed by atoms with Gasteiger partial charge in [-0.2, -0.15) is 10.1 Å². The Balaban J connectivity index is 1.57. The lowest BCUT2D eigenvalue weighted by Crippen LogP contribution is -2.20. The molecule has 0 saturated heterocycles. The Morgan fingerprint density at radius 1 is 1.39 bits per heavy atom. The van der Waals surface area contributed by atoms with E-state index in [1.165, 1.54) is 10.9 Å². The second kappa shape index (κ2) is 6.95. The number of nitrogens with one attached hydrogen (secondary N) is 1. The summed E-state index contributed by atoms with van der Waals surface area (Å²) in [6, 6.07) is 3.96. The molecule has 28 heavy (non-hydrogen) atoms. The lowest BCUT2D eigenvalue weighted by Gasteiger charge is -2.11. The lowest BCUT2D eigenvalue weighted by atomic mass is 10.2. The van der Waals surface area contributed by atoms with Crippen LogP contribution in [-0.2, 0) is 11.8 Å². The monoisotopic (exact) mass is 383 g/mol. The van der Waals surface area contributed by atoms with E-state index in [0.717, 1.165) is 12.8 Å². The van der Waals surface area contributed by atoms with E-state index in [9.17, 15) is 9.59 Å². The van der Waals surface area contributed by atoms with Crippen LogP contribution in [0.1, 0.15) is 40.6 Å². The first kappa shape index (κ1) is 18.0. The molecule has 3 aromatic rings. The molecule has 3 heterocycles. The van der Waals surface area contributed by atoms with Gasteiger partial charge in [0.1, 0.15) is 11.3 Å². The van der Waals surface area contributed by atoms with Gasteiger partial charge >= 0.3 is 5.97 Å². The van der Waals surface area contributed by atoms with Crippen molar-refractivity contribution in [2.24, 2.45) is 7.05 Å². The Bertz CT molecular complexity index is 1050. The molecule has 0 bridgehead atoms. The molecule has 146 valence electrons. The molecule has 1 saturated carbocycles. The Morgan fingerprint density at radius 2 is 2.18 bits per heavy atom. The molecule has 0 unspecified atom stereocenters. The summed E-state index contributed by atoms with van der Waals surface area (Å²) in [7, 11) is 3.58. The van der Waals surface area contributed by atoms with Crippen LogP contribution in [0.4, 0.5) is 11.6 Å². The lowest BCUT2D eigenvalue weighted by molar-refractivity contribution is 0.0523. The van der Waals surface area contributed by atoms with Gasteiger partial charge in [-0.3, -0.25) is 9.48 Å². The fourth-order valence-electron chi connectivity index (χ4n) is 2.98. The first-order valence-corrected chi connectivity index (χ1v) is 9.07. The number of carbonyl (C=O) groups excluding carboxylic acids is 2. The number of aryl methyl sites for hydroxylation is 1. The SMILES string of the molecule is CCOC(=O)c1cnn(C)c1C(=O)Nc1ccn2nc(N(C)C3CC3)nc2c1. The van der Waals surface area contributed by atoms with Crippen molar-refractivity contribution in [3.8, 4) is 0 Å². The summed E-state index contributed by atoms with van der Waals surface area (Å²) in [4.78, 5) is 31.4. The number of rotatable bonds is 6. The summed E-state index contributed by atoms with van der Waals surface area (Å²) < 4.78 is 8.00. The van der Waals surface area contributed by atoms with Gasteiger partial charge in [0.25, 0.3) is 5.91 Å². The summed E-state index contributed by atoms with van der Waals surface area (Å²) in [6.07, 6.45) is 5.37. The number of pyridine rings is 1. The van der Waals surface area contributed by atoms with E-state index in [1.807, 2.05) is 7.05 Å². The number of anilines is 2. The van der Waals surface area contributed by atoms with E-state index >= 15 is 0 Å². The van der Waals surface area contributed by atoms with Crippen molar-refractivity contribution in [3.05, 3.63) is 35.8 Å². The molecule has 0 spiro atoms. The van der Waals surface area contributed by atoms with Gasteiger partial charge in [0, 0.05) is 38.1 Å². The van der Waals surface area contributed by atoms with Gasteiger partial charge in [-0.25, -0.2) is 9.31 Å². The molecule has 3 aromatic heterocycles. The predicted molar refractivity (Wildman–Crippen MR) is 102 cm³/mol. The number of carbonyl (C=O) groups is 2. The Labute approximate surface area is 161 Å². The predicted octanol–water partition coefficient (Wildman–Crippen LogP) is 1.49. The summed E-state index contributed by atoms with van der Waals surface area (Å²) in [5.41, 5.74) is 1.42. The minimum atomic E-state index is -0.582. The number of hydrogen-bond acceptors (Lipinski definition) is 7. The van der Waals surface area contributed by atoms with E-state index < -0.39 is 11.9 Å². The average Bonchev–Trinajstić information content (AvgIpc) is 3.31. The number of ether oxygens (including phenoxy) is 1. The number of esters is 1. The van der Waals surface area contributed by atoms with Crippen molar-refractivity contribution in [2.75, 3.05) is 23.9 Å². The Kier molecular flexibility index (Phi) is 4.46. The highest BCUT2D eigenvalue weighted by Gasteiger charge is 2.29. The standard InChI is InChI=1S/C18H21N7O3/c1-4-28-17(27)13-10-19-24(3)15(13)16(26)20-11-7-8-25-14(9-11)21-18(22-25)23(2)12-5-6-12/h7-10,12H,4-6H2,1-3H3,(H,20,26). The number of fused-ring (bicyclic) bond motifs is 1. The number of amides is 1. The third-order valence-corrected chi connectivity index (χ3v) is 4.64. The van der Waals surface area contributed by atoms with Crippen LogP contribution in [0, 0.1) is 0 Å². The van der Waals surface area contributed by atoms with Gasteiger partial charge < -0.3 is 15.0 Å². The van der Waals surface area contributed by atoms with Crippen molar-refractivity contribution in [3.63, 3.8) is 0 Å². The average molecular weight is 383 g/mol. The summed E-state index contributed by atoms with van der Waals surface area (Å²) in [5, 5.41) is 11.2. The highest BCUT2D eigenvalue weighted by atomic mass is 16.5. The zero-order chi connectivity index (χ0) is 19.8. The van der Waals surface area contributed by atoms with Crippen LogP contribution in [0.2, 0.25) is 0 Å². The minimum Gasteiger partial charge on any atom is -0.462 e. The van der Waals surface area contributed by atoms with Gasteiger partial charge in [-0.1, -0.05) is 0 Å². The Morgan fingerprint density at radius 3 is 2.89 bits per heavy atom. The first-order chi connectivity index (χ1) is 13.5. The van der Waals surface area contributed by atoms with E-state index in [2.05, 4.69) is 25.4 Å². The largest absolute Gasteiger partial charge is 0.462 e. The van der Waals surface area contributed by atoms with Crippen molar-refractivity contribution in [2.45, 2.75) is 25.8 Å². The van der Waals surface area contributed by atoms with E-state index in [-0.39, 0.29) is 17.9 Å². The zero-order valence-electron chi connectivity index (χ0n) is 15.9. The highest BCUT2D eigenvalue weighted by Crippen LogP contribution is 2.28. The molecule has 0 aliphatic heterocycles. The van der Waals surface area contributed by atoms with Gasteiger partial charge in [-0.15, -0.1) is 5.10 Å². The summed E-state index contributed by atoms with van der Waals surface area (Å²) >= 11 is 0. The molecule has 4 rings (SSSR count). The quantitative estimate of drug-likeness (QED) is 0.643. The smallest absolute Gasteiger partial charge is 0.342 e. The minimum absolute atomic E-state index is 0.124. The molecule has 1 fully saturated rings. The highest BCUT2D eigenvalue weighted by molar-refractivity contribution is 6.10. The second-order valence-corrected chi connectivity index (χ2v) is 6.68. The number of aromatic nitrogens is 5. The maximum absolute atomic E-state index is 12.7. The normalized spacial score (nSPS) is 13.5. The number of hydrogen-bond donors (Lipinski definition) is 1. The molecule has 0 aromatic carbocycles. The molecular weight excluding hydrogens is 362 g/mol. The van der Waals surface area contributed by atoms with E-state index in [1.54, 1.807) is 36.8 Å². The van der Waals surface area contributed by atoms with E-state index in [0.29, 0.717) is 23.3 Å². The molecule has 0 atom stereocenters. The van der Waals surface area contributed by atoms with Gasteiger partial charge in [0.2, 0.25) is 5.95 Å². The maximum atomic E-state index is 12.7. The van der Waals surface area contributed by atoms with Crippen LogP contribution >= 0.6 is 0 Å². The molecule has 1 amide bonds. The van der Waals surface area contributed by atoms with Crippen LogP contribution in [0.3, 0.4) is 0 Å². The number of nitrogens with zero attached hydrogens (tertiary/aromatic N) is 6. The molecule has 0 radical (unpaired) electrons. The third-order valence-electron chi connectivity index (χ3n) is 4.64. The third kappa shape index (κ3) is 3.28. The van der Waals surface area contributed by atoms with Crippen molar-refractivity contribution >= 4 is 29.2 Å². The van der Waals surface area contributed by atoms with E-state index in [4.69, 9.17) is 4.74 Å². The van der Waals surface area contributed by atoms with Crippen LogP contribution in [0.5, 0.6) is 0 Å². The topological polar surface area (TPSA) is 107 Å².